The Balaban J connectivity index is 2.01. The van der Waals surface area contributed by atoms with Gasteiger partial charge < -0.3 is 19.7 Å². The van der Waals surface area contributed by atoms with Gasteiger partial charge in [-0.3, -0.25) is 13.7 Å². The quantitative estimate of drug-likeness (QED) is 0.0647. The van der Waals surface area contributed by atoms with Crippen LogP contribution in [0.2, 0.25) is 0 Å². The lowest BCUT2D eigenvalue weighted by molar-refractivity contribution is 0.351. The monoisotopic (exact) mass is 689 g/mol. The van der Waals surface area contributed by atoms with E-state index in [9.17, 15) is 43.1 Å². The largest absolute Gasteiger partial charge is 0.371 e. The predicted octanol–water partition coefficient (Wildman–Crippen LogP) is 2.07. The Kier molecular flexibility index (Phi) is 9.84. The first-order valence-corrected chi connectivity index (χ1v) is 17.6. The summed E-state index contributed by atoms with van der Waals surface area (Å²) in [6, 6.07) is 3.35. The summed E-state index contributed by atoms with van der Waals surface area (Å²) >= 11 is -1.92. The van der Waals surface area contributed by atoms with E-state index < -0.39 is 67.7 Å². The van der Waals surface area contributed by atoms with E-state index in [1.54, 1.807) is 0 Å². The van der Waals surface area contributed by atoms with Crippen LogP contribution in [0.4, 0.5) is 23.0 Å². The normalized spacial score (nSPS) is 15.0. The second-order valence-corrected chi connectivity index (χ2v) is 15.1. The fourth-order valence-electron chi connectivity index (χ4n) is 3.27. The van der Waals surface area contributed by atoms with Gasteiger partial charge in [0.2, 0.25) is 21.9 Å². The molecule has 0 aliphatic rings. The van der Waals surface area contributed by atoms with Crippen molar-refractivity contribution < 1.29 is 52.2 Å². The standard InChI is InChI=1S/C18H23N7O12S5/c1-10-16(22-21-14-9-15(37-24-14)38-4-5-40(28,29)30)17(19-3)25(23-10)18(2,39(26)27)20-11-6-12(41(31,32)33)8-13(7-11)42(34,35)36/h6-9,19-20H,4-5H2,1-3H3,(H,26,27)(H,28,29,30)(H,31,32,33)(H,34,35,36). The summed E-state index contributed by atoms with van der Waals surface area (Å²) < 4.78 is 125. The fraction of sp³-hybridized carbons (Fsp3) is 0.333. The molecule has 0 aliphatic carbocycles. The SMILES string of the molecule is CNc1c(N=Nc2cc(SCCS(=O)(=O)O)on2)c(C)nn1C(C)(Nc1cc(S(=O)(=O)O)cc(S(=O)(=O)O)c1)S(=O)O. The molecular weight excluding hydrogens is 667 g/mol. The Morgan fingerprint density at radius 2 is 1.64 bits per heavy atom. The number of thioether (sulfide) groups is 1. The van der Waals surface area contributed by atoms with Crippen molar-refractivity contribution in [3.8, 4) is 0 Å². The van der Waals surface area contributed by atoms with Gasteiger partial charge in [-0.25, -0.2) is 8.89 Å². The Bertz CT molecular complexity index is 1820. The number of benzene rings is 1. The zero-order chi connectivity index (χ0) is 31.7. The summed E-state index contributed by atoms with van der Waals surface area (Å²) in [6.45, 7) is 2.62. The molecule has 6 N–H and O–H groups in total. The average Bonchev–Trinajstić information content (AvgIpc) is 3.44. The Morgan fingerprint density at radius 1 is 1.05 bits per heavy atom. The maximum Gasteiger partial charge on any atom is 0.294 e. The van der Waals surface area contributed by atoms with Crippen LogP contribution in [-0.2, 0) is 46.4 Å². The fourth-order valence-corrected chi connectivity index (χ4v) is 6.58. The van der Waals surface area contributed by atoms with Gasteiger partial charge in [-0.1, -0.05) is 16.9 Å². The number of nitrogens with one attached hydrogen (secondary N) is 2. The van der Waals surface area contributed by atoms with Crippen LogP contribution >= 0.6 is 11.8 Å². The number of anilines is 2. The van der Waals surface area contributed by atoms with Crippen molar-refractivity contribution in [1.82, 2.24) is 14.9 Å². The molecule has 2 atom stereocenters. The molecule has 3 rings (SSSR count). The number of rotatable bonds is 13. The van der Waals surface area contributed by atoms with E-state index in [1.165, 1.54) is 20.0 Å². The topological polar surface area (TPSA) is 293 Å². The maximum atomic E-state index is 12.6. The average molecular weight is 690 g/mol. The van der Waals surface area contributed by atoms with Gasteiger partial charge >= 0.3 is 0 Å². The van der Waals surface area contributed by atoms with Crippen LogP contribution in [0, 0.1) is 6.92 Å². The molecule has 3 aromatic rings. The summed E-state index contributed by atoms with van der Waals surface area (Å²) in [5, 5.41) is 21.3. The number of azo groups is 1. The van der Waals surface area contributed by atoms with Gasteiger partial charge in [-0.2, -0.15) is 30.4 Å². The van der Waals surface area contributed by atoms with Crippen LogP contribution in [0.25, 0.3) is 0 Å². The molecule has 0 amide bonds. The van der Waals surface area contributed by atoms with E-state index in [4.69, 9.17) is 9.08 Å². The summed E-state index contributed by atoms with van der Waals surface area (Å²) in [4.78, 5) is -4.03. The van der Waals surface area contributed by atoms with Gasteiger partial charge in [0.15, 0.2) is 16.6 Å². The van der Waals surface area contributed by atoms with Crippen LogP contribution in [0.5, 0.6) is 0 Å². The number of hydrogen-bond acceptors (Lipinski definition) is 15. The van der Waals surface area contributed by atoms with Gasteiger partial charge in [-0.15, -0.1) is 10.2 Å². The minimum atomic E-state index is -4.98. The van der Waals surface area contributed by atoms with Crippen molar-refractivity contribution >= 4 is 76.2 Å². The highest BCUT2D eigenvalue weighted by atomic mass is 32.2. The minimum absolute atomic E-state index is 0.000772. The zero-order valence-corrected chi connectivity index (χ0v) is 25.6. The van der Waals surface area contributed by atoms with Crippen LogP contribution in [0.3, 0.4) is 0 Å². The Hall–Kier alpha value is -2.97. The first kappa shape index (κ1) is 33.5. The zero-order valence-electron chi connectivity index (χ0n) is 21.6. The van der Waals surface area contributed by atoms with Crippen LogP contribution in [0.15, 0.2) is 53.9 Å². The lowest BCUT2D eigenvalue weighted by Crippen LogP contribution is -2.44. The van der Waals surface area contributed by atoms with Crippen molar-refractivity contribution in [3.63, 3.8) is 0 Å². The number of nitrogens with zero attached hydrogens (tertiary/aromatic N) is 5. The first-order valence-electron chi connectivity index (χ1n) is 11.0. The molecule has 19 nitrogen and oxygen atoms in total. The van der Waals surface area contributed by atoms with E-state index in [0.717, 1.165) is 35.5 Å². The molecule has 1 aromatic carbocycles. The van der Waals surface area contributed by atoms with Gasteiger partial charge in [0.25, 0.3) is 30.4 Å². The molecule has 24 heteroatoms. The number of aryl methyl sites for hydroxylation is 1. The molecule has 42 heavy (non-hydrogen) atoms. The van der Waals surface area contributed by atoms with Crippen LogP contribution in [0.1, 0.15) is 12.6 Å². The molecular formula is C18H23N7O12S5. The molecule has 2 aromatic heterocycles. The van der Waals surface area contributed by atoms with E-state index in [-0.39, 0.29) is 33.9 Å². The highest BCUT2D eigenvalue weighted by Crippen LogP contribution is 2.37. The van der Waals surface area contributed by atoms with Crippen molar-refractivity contribution in [2.24, 2.45) is 10.2 Å². The summed E-state index contributed by atoms with van der Waals surface area (Å²) in [5.41, 5.74) is -0.203. The molecule has 0 saturated heterocycles. The van der Waals surface area contributed by atoms with Gasteiger partial charge in [-0.05, 0) is 32.0 Å². The molecule has 2 heterocycles. The van der Waals surface area contributed by atoms with Crippen molar-refractivity contribution in [3.05, 3.63) is 30.0 Å². The highest BCUT2D eigenvalue weighted by Gasteiger charge is 2.38. The van der Waals surface area contributed by atoms with Gasteiger partial charge in [0.05, 0.1) is 21.2 Å². The second kappa shape index (κ2) is 12.3. The van der Waals surface area contributed by atoms with E-state index >= 15 is 0 Å². The van der Waals surface area contributed by atoms with Gasteiger partial charge in [0, 0.05) is 24.6 Å². The van der Waals surface area contributed by atoms with Crippen molar-refractivity contribution in [2.45, 2.75) is 33.7 Å². The summed E-state index contributed by atoms with van der Waals surface area (Å²) in [7, 11) is -12.7. The van der Waals surface area contributed by atoms with Gasteiger partial charge in [0.1, 0.15) is 0 Å². The molecule has 0 spiro atoms. The maximum absolute atomic E-state index is 12.6. The molecule has 0 aliphatic heterocycles. The minimum Gasteiger partial charge on any atom is -0.371 e. The predicted molar refractivity (Wildman–Crippen MR) is 148 cm³/mol. The molecule has 2 unspecified atom stereocenters. The third-order valence-electron chi connectivity index (χ3n) is 5.18. The van der Waals surface area contributed by atoms with Crippen molar-refractivity contribution in [1.29, 1.82) is 0 Å². The molecule has 0 saturated carbocycles. The summed E-state index contributed by atoms with van der Waals surface area (Å²) in [6.07, 6.45) is 0. The summed E-state index contributed by atoms with van der Waals surface area (Å²) in [5.74, 6) is -0.579. The number of aromatic nitrogens is 3. The van der Waals surface area contributed by atoms with E-state index in [0.29, 0.717) is 6.07 Å². The lowest BCUT2D eigenvalue weighted by Gasteiger charge is -2.30. The third kappa shape index (κ3) is 8.10. The molecule has 0 fully saturated rings. The van der Waals surface area contributed by atoms with Crippen LogP contribution in [-0.4, -0.2) is 81.2 Å². The first-order chi connectivity index (χ1) is 19.2. The van der Waals surface area contributed by atoms with Crippen molar-refractivity contribution in [2.75, 3.05) is 29.2 Å². The highest BCUT2D eigenvalue weighted by molar-refractivity contribution is 8.00. The Labute approximate surface area is 245 Å². The van der Waals surface area contributed by atoms with E-state index in [2.05, 4.69) is 31.1 Å². The molecule has 0 bridgehead atoms. The second-order valence-electron chi connectivity index (χ2n) is 8.28. The number of hydrogen-bond donors (Lipinski definition) is 6. The van der Waals surface area contributed by atoms with E-state index in [1.807, 2.05) is 0 Å². The molecule has 0 radical (unpaired) electrons. The molecule has 232 valence electrons. The lowest BCUT2D eigenvalue weighted by atomic mass is 10.3. The Morgan fingerprint density at radius 3 is 2.14 bits per heavy atom. The smallest absolute Gasteiger partial charge is 0.294 e. The third-order valence-corrected chi connectivity index (χ3v) is 9.66. The van der Waals surface area contributed by atoms with Crippen LogP contribution < -0.4 is 10.6 Å².